The molecule has 0 aliphatic heterocycles. The fourth-order valence-electron chi connectivity index (χ4n) is 2.22. The number of rotatable bonds is 1. The number of hydrogen-bond acceptors (Lipinski definition) is 4. The van der Waals surface area contributed by atoms with Gasteiger partial charge in [-0.3, -0.25) is 4.79 Å². The van der Waals surface area contributed by atoms with Gasteiger partial charge in [-0.15, -0.1) is 0 Å². The van der Waals surface area contributed by atoms with Crippen LogP contribution in [0.1, 0.15) is 5.56 Å². The highest BCUT2D eigenvalue weighted by molar-refractivity contribution is 6.39. The minimum atomic E-state index is -0.190. The number of aliphatic hydroxyl groups excluding tert-OH is 1. The molecule has 0 bridgehead atoms. The zero-order chi connectivity index (χ0) is 14.3. The van der Waals surface area contributed by atoms with Crippen LogP contribution in [-0.4, -0.2) is 16.6 Å². The maximum absolute atomic E-state index is 12.2. The lowest BCUT2D eigenvalue weighted by Gasteiger charge is -2.23. The van der Waals surface area contributed by atoms with Crippen molar-refractivity contribution in [2.75, 3.05) is 5.73 Å². The van der Waals surface area contributed by atoms with Gasteiger partial charge in [0.05, 0.1) is 16.9 Å². The van der Waals surface area contributed by atoms with Crippen molar-refractivity contribution >= 4 is 22.8 Å². The van der Waals surface area contributed by atoms with E-state index in [0.717, 1.165) is 0 Å². The van der Waals surface area contributed by atoms with E-state index in [1.54, 1.807) is 48.6 Å². The molecule has 20 heavy (non-hydrogen) atoms. The van der Waals surface area contributed by atoms with Crippen LogP contribution in [0.2, 0.25) is 0 Å². The summed E-state index contributed by atoms with van der Waals surface area (Å²) in [5.41, 5.74) is 8.47. The van der Waals surface area contributed by atoms with Crippen molar-refractivity contribution in [1.29, 1.82) is 5.41 Å². The van der Waals surface area contributed by atoms with Gasteiger partial charge in [0.1, 0.15) is 5.76 Å². The van der Waals surface area contributed by atoms with Crippen LogP contribution in [0.3, 0.4) is 0 Å². The number of nitrogen functional groups attached to an aromatic ring is 1. The molecule has 3 rings (SSSR count). The number of carbonyl (C=O) groups excluding carboxylic acids is 1. The number of benzene rings is 1. The lowest BCUT2D eigenvalue weighted by Crippen LogP contribution is -2.22. The number of ketones is 1. The number of nitrogens with one attached hydrogen (secondary N) is 1. The van der Waals surface area contributed by atoms with E-state index in [4.69, 9.17) is 11.1 Å². The van der Waals surface area contributed by atoms with E-state index in [1.807, 2.05) is 0 Å². The molecule has 0 spiro atoms. The highest BCUT2D eigenvalue weighted by atomic mass is 16.3. The van der Waals surface area contributed by atoms with Gasteiger partial charge in [-0.25, -0.2) is 0 Å². The summed E-state index contributed by atoms with van der Waals surface area (Å²) in [4.78, 5) is 12.2. The summed E-state index contributed by atoms with van der Waals surface area (Å²) in [6.07, 6.45) is 6.49. The van der Waals surface area contributed by atoms with E-state index in [2.05, 4.69) is 0 Å². The summed E-state index contributed by atoms with van der Waals surface area (Å²) >= 11 is 0. The highest BCUT2D eigenvalue weighted by Crippen LogP contribution is 2.38. The van der Waals surface area contributed by atoms with Crippen molar-refractivity contribution in [2.24, 2.45) is 0 Å². The largest absolute Gasteiger partial charge is 0.506 e. The quantitative estimate of drug-likeness (QED) is 0.538. The second kappa shape index (κ2) is 4.35. The monoisotopic (exact) mass is 264 g/mol. The van der Waals surface area contributed by atoms with E-state index >= 15 is 0 Å². The molecule has 0 heterocycles. The molecule has 1 aromatic carbocycles. The summed E-state index contributed by atoms with van der Waals surface area (Å²) in [5.74, 6) is -0.192. The molecule has 0 aromatic heterocycles. The Morgan fingerprint density at radius 3 is 2.10 bits per heavy atom. The molecule has 0 amide bonds. The minimum Gasteiger partial charge on any atom is -0.506 e. The number of aliphatic hydroxyl groups is 1. The normalized spacial score (nSPS) is 17.8. The van der Waals surface area contributed by atoms with E-state index in [1.165, 1.54) is 0 Å². The first-order chi connectivity index (χ1) is 9.58. The second-order valence-corrected chi connectivity index (χ2v) is 4.63. The Bertz CT molecular complexity index is 729. The summed E-state index contributed by atoms with van der Waals surface area (Å²) in [6.45, 7) is 0. The first-order valence-corrected chi connectivity index (χ1v) is 6.11. The van der Waals surface area contributed by atoms with Gasteiger partial charge in [-0.2, -0.15) is 0 Å². The maximum atomic E-state index is 12.2. The fraction of sp³-hybridized carbons (Fsp3) is 0. The van der Waals surface area contributed by atoms with Gasteiger partial charge in [-0.1, -0.05) is 24.3 Å². The van der Waals surface area contributed by atoms with E-state index in [-0.39, 0.29) is 11.5 Å². The number of nitrogens with two attached hydrogens (primary N) is 1. The molecular formula is C16H12N2O2. The van der Waals surface area contributed by atoms with Gasteiger partial charge in [0.25, 0.3) is 0 Å². The average Bonchev–Trinajstić information content (AvgIpc) is 2.44. The number of Topliss-reactive ketones (excluding diaryl/α,β-unsaturated/α-hetero) is 1. The molecule has 2 aliphatic rings. The van der Waals surface area contributed by atoms with Crippen LogP contribution in [-0.2, 0) is 4.79 Å². The van der Waals surface area contributed by atoms with Crippen LogP contribution in [0.15, 0.2) is 65.5 Å². The van der Waals surface area contributed by atoms with Gasteiger partial charge < -0.3 is 16.2 Å². The van der Waals surface area contributed by atoms with Crippen LogP contribution in [0, 0.1) is 5.41 Å². The third-order valence-electron chi connectivity index (χ3n) is 3.30. The van der Waals surface area contributed by atoms with Crippen molar-refractivity contribution in [2.45, 2.75) is 0 Å². The van der Waals surface area contributed by atoms with E-state index in [0.29, 0.717) is 33.7 Å². The third kappa shape index (κ3) is 1.78. The Kier molecular flexibility index (Phi) is 2.64. The van der Waals surface area contributed by atoms with Crippen LogP contribution in [0.4, 0.5) is 5.69 Å². The molecule has 4 N–H and O–H groups in total. The van der Waals surface area contributed by atoms with Crippen LogP contribution >= 0.6 is 0 Å². The molecule has 4 heteroatoms. The highest BCUT2D eigenvalue weighted by Gasteiger charge is 2.36. The standard InChI is InChI=1S/C16H12N2O2/c17-11-5-1-9(2-6-11)13-15(19)14(16(13)20)10-3-7-12(18)8-4-10/h1-8,17,19H,18H2. The van der Waals surface area contributed by atoms with E-state index < -0.39 is 0 Å². The Hall–Kier alpha value is -2.88. The lowest BCUT2D eigenvalue weighted by atomic mass is 9.80. The molecule has 0 saturated heterocycles. The van der Waals surface area contributed by atoms with Gasteiger partial charge in [0.15, 0.2) is 0 Å². The maximum Gasteiger partial charge on any atom is 0.201 e. The molecule has 2 aliphatic carbocycles. The van der Waals surface area contributed by atoms with Gasteiger partial charge in [0, 0.05) is 5.69 Å². The van der Waals surface area contributed by atoms with Crippen molar-refractivity contribution < 1.29 is 9.90 Å². The summed E-state index contributed by atoms with van der Waals surface area (Å²) < 4.78 is 0. The summed E-state index contributed by atoms with van der Waals surface area (Å²) in [7, 11) is 0. The van der Waals surface area contributed by atoms with Crippen molar-refractivity contribution in [1.82, 2.24) is 0 Å². The Labute approximate surface area is 115 Å². The zero-order valence-corrected chi connectivity index (χ0v) is 10.6. The van der Waals surface area contributed by atoms with Crippen LogP contribution < -0.4 is 5.73 Å². The van der Waals surface area contributed by atoms with Gasteiger partial charge in [-0.05, 0) is 35.4 Å². The zero-order valence-electron chi connectivity index (χ0n) is 10.6. The third-order valence-corrected chi connectivity index (χ3v) is 3.30. The summed E-state index contributed by atoms with van der Waals surface area (Å²) in [6, 6.07) is 6.80. The van der Waals surface area contributed by atoms with Crippen LogP contribution in [0.5, 0.6) is 0 Å². The lowest BCUT2D eigenvalue weighted by molar-refractivity contribution is -0.111. The molecule has 0 unspecified atom stereocenters. The van der Waals surface area contributed by atoms with Crippen molar-refractivity contribution in [3.8, 4) is 0 Å². The Morgan fingerprint density at radius 1 is 0.950 bits per heavy atom. The van der Waals surface area contributed by atoms with Gasteiger partial charge >= 0.3 is 0 Å². The minimum absolute atomic E-state index is 0.00231. The predicted octanol–water partition coefficient (Wildman–Crippen LogP) is 2.56. The van der Waals surface area contributed by atoms with Crippen LogP contribution in [0.25, 0.3) is 5.57 Å². The van der Waals surface area contributed by atoms with Gasteiger partial charge in [0.2, 0.25) is 5.78 Å². The molecule has 0 atom stereocenters. The number of hydrogen-bond donors (Lipinski definition) is 3. The number of allylic oxidation sites excluding steroid dienone is 7. The molecule has 0 fully saturated rings. The topological polar surface area (TPSA) is 87.2 Å². The molecule has 0 radical (unpaired) electrons. The first-order valence-electron chi connectivity index (χ1n) is 6.11. The molecule has 1 aromatic rings. The van der Waals surface area contributed by atoms with Crippen molar-refractivity contribution in [3.63, 3.8) is 0 Å². The molecular weight excluding hydrogens is 252 g/mol. The smallest absolute Gasteiger partial charge is 0.201 e. The molecule has 98 valence electrons. The number of anilines is 1. The predicted molar refractivity (Wildman–Crippen MR) is 78.4 cm³/mol. The second-order valence-electron chi connectivity index (χ2n) is 4.63. The SMILES string of the molecule is N=C1C=CC(=C2C(=O)C(c3ccc(N)cc3)=C2O)C=C1. The summed E-state index contributed by atoms with van der Waals surface area (Å²) in [5, 5.41) is 17.5. The molecule has 4 nitrogen and oxygen atoms in total. The van der Waals surface area contributed by atoms with Crippen molar-refractivity contribution in [3.05, 3.63) is 71.0 Å². The average molecular weight is 264 g/mol. The first kappa shape index (κ1) is 12.2. The Balaban J connectivity index is 2.05. The number of carbonyl (C=O) groups is 1. The molecule has 0 saturated carbocycles. The fourth-order valence-corrected chi connectivity index (χ4v) is 2.22. The van der Waals surface area contributed by atoms with E-state index in [9.17, 15) is 9.90 Å². The Morgan fingerprint density at radius 2 is 1.55 bits per heavy atom.